The summed E-state index contributed by atoms with van der Waals surface area (Å²) in [7, 11) is -2.52. The number of phenols is 1. The lowest BCUT2D eigenvalue weighted by molar-refractivity contribution is -0.121. The Hall–Kier alpha value is -3.80. The highest BCUT2D eigenvalue weighted by atomic mass is 32.2. The standard InChI is InChI=1S/C24H29N3O8S/c1-16(28)24-20(34-2)6-5-7-21(24)35-13-4-3-12-25-22(30)11-9-17-8-10-18(19(29)14-17)27-15-23(31)26-36(27,32)33/h5-8,10,14,29H,3-4,9,11-13,15H2,1-2H3,(H,25,30)(H,26,31). The predicted octanol–water partition coefficient (Wildman–Crippen LogP) is 1.69. The molecule has 0 atom stereocenters. The van der Waals surface area contributed by atoms with E-state index in [1.165, 1.54) is 26.2 Å². The lowest BCUT2D eigenvalue weighted by atomic mass is 10.1. The van der Waals surface area contributed by atoms with E-state index >= 15 is 0 Å². The van der Waals surface area contributed by atoms with Crippen LogP contribution in [0.3, 0.4) is 0 Å². The van der Waals surface area contributed by atoms with Gasteiger partial charge in [-0.05, 0) is 56.0 Å². The molecule has 1 fully saturated rings. The number of ketones is 1. The second kappa shape index (κ2) is 11.8. The fourth-order valence-electron chi connectivity index (χ4n) is 3.73. The van der Waals surface area contributed by atoms with Crippen molar-refractivity contribution in [2.45, 2.75) is 32.6 Å². The van der Waals surface area contributed by atoms with Crippen molar-refractivity contribution in [3.05, 3.63) is 47.5 Å². The molecule has 11 nitrogen and oxygen atoms in total. The lowest BCUT2D eigenvalue weighted by Gasteiger charge is -2.16. The van der Waals surface area contributed by atoms with Crippen molar-refractivity contribution in [3.63, 3.8) is 0 Å². The minimum atomic E-state index is -4.01. The summed E-state index contributed by atoms with van der Waals surface area (Å²) >= 11 is 0. The van der Waals surface area contributed by atoms with Gasteiger partial charge in [0.15, 0.2) is 5.78 Å². The summed E-state index contributed by atoms with van der Waals surface area (Å²) in [5.41, 5.74) is 1.04. The van der Waals surface area contributed by atoms with Crippen molar-refractivity contribution < 1.29 is 37.4 Å². The van der Waals surface area contributed by atoms with Gasteiger partial charge in [0.05, 0.1) is 19.4 Å². The Labute approximate surface area is 209 Å². The number of carbonyl (C=O) groups excluding carboxylic acids is 3. The summed E-state index contributed by atoms with van der Waals surface area (Å²) in [6, 6.07) is 9.55. The second-order valence-corrected chi connectivity index (χ2v) is 9.75. The van der Waals surface area contributed by atoms with E-state index in [9.17, 15) is 27.9 Å². The number of benzene rings is 2. The van der Waals surface area contributed by atoms with Crippen molar-refractivity contribution >= 4 is 33.5 Å². The number of Topliss-reactive ketones (excluding diaryl/α,β-unsaturated/α-hetero) is 1. The Morgan fingerprint density at radius 3 is 2.56 bits per heavy atom. The fourth-order valence-corrected chi connectivity index (χ4v) is 4.89. The molecular weight excluding hydrogens is 490 g/mol. The van der Waals surface area contributed by atoms with Gasteiger partial charge in [0.25, 0.3) is 5.91 Å². The second-order valence-electron chi connectivity index (χ2n) is 8.16. The average Bonchev–Trinajstić information content (AvgIpc) is 3.10. The van der Waals surface area contributed by atoms with Crippen LogP contribution in [-0.4, -0.2) is 57.9 Å². The molecule has 1 heterocycles. The maximum absolute atomic E-state index is 12.2. The number of carbonyl (C=O) groups is 3. The number of hydrogen-bond acceptors (Lipinski definition) is 8. The van der Waals surface area contributed by atoms with E-state index in [0.717, 1.165) is 4.31 Å². The number of amides is 2. The summed E-state index contributed by atoms with van der Waals surface area (Å²) in [5, 5.41) is 13.1. The molecule has 3 rings (SSSR count). The van der Waals surface area contributed by atoms with E-state index in [4.69, 9.17) is 9.47 Å². The molecule has 0 radical (unpaired) electrons. The van der Waals surface area contributed by atoms with E-state index in [1.807, 2.05) is 4.72 Å². The number of phenolic OH excluding ortho intramolecular Hbond substituents is 1. The van der Waals surface area contributed by atoms with Crippen LogP contribution in [0.2, 0.25) is 0 Å². The Kier molecular flexibility index (Phi) is 8.75. The molecule has 0 unspecified atom stereocenters. The number of anilines is 1. The van der Waals surface area contributed by atoms with Gasteiger partial charge in [0.1, 0.15) is 29.4 Å². The molecule has 12 heteroatoms. The normalized spacial score (nSPS) is 14.3. The number of hydrogen-bond donors (Lipinski definition) is 3. The Bertz CT molecular complexity index is 1250. The molecule has 0 spiro atoms. The van der Waals surface area contributed by atoms with E-state index in [0.29, 0.717) is 55.0 Å². The van der Waals surface area contributed by atoms with Crippen LogP contribution >= 0.6 is 0 Å². The Morgan fingerprint density at radius 1 is 1.17 bits per heavy atom. The van der Waals surface area contributed by atoms with Gasteiger partial charge in [0.2, 0.25) is 5.91 Å². The summed E-state index contributed by atoms with van der Waals surface area (Å²) in [5.74, 6) is -0.359. The fraction of sp³-hybridized carbons (Fsp3) is 0.375. The van der Waals surface area contributed by atoms with E-state index in [-0.39, 0.29) is 29.5 Å². The molecule has 0 aromatic heterocycles. The number of unbranched alkanes of at least 4 members (excludes halogenated alkanes) is 1. The van der Waals surface area contributed by atoms with Crippen LogP contribution < -0.4 is 23.8 Å². The van der Waals surface area contributed by atoms with Gasteiger partial charge < -0.3 is 19.9 Å². The van der Waals surface area contributed by atoms with E-state index < -0.39 is 22.7 Å². The molecule has 0 saturated carbocycles. The number of nitrogens with zero attached hydrogens (tertiary/aromatic N) is 1. The first kappa shape index (κ1) is 26.8. The van der Waals surface area contributed by atoms with Gasteiger partial charge in [-0.2, -0.15) is 8.42 Å². The maximum atomic E-state index is 12.2. The monoisotopic (exact) mass is 519 g/mol. The number of ether oxygens (including phenoxy) is 2. The first-order valence-electron chi connectivity index (χ1n) is 11.3. The third-order valence-electron chi connectivity index (χ3n) is 5.48. The van der Waals surface area contributed by atoms with Crippen molar-refractivity contribution in [1.29, 1.82) is 0 Å². The number of nitrogens with one attached hydrogen (secondary N) is 2. The molecule has 194 valence electrons. The molecule has 3 N–H and O–H groups in total. The smallest absolute Gasteiger partial charge is 0.326 e. The summed E-state index contributed by atoms with van der Waals surface area (Å²) in [6.07, 6.45) is 1.87. The van der Waals surface area contributed by atoms with Crippen LogP contribution in [0.4, 0.5) is 5.69 Å². The van der Waals surface area contributed by atoms with Gasteiger partial charge in [0, 0.05) is 13.0 Å². The molecule has 0 bridgehead atoms. The van der Waals surface area contributed by atoms with Crippen molar-refractivity contribution in [2.24, 2.45) is 0 Å². The van der Waals surface area contributed by atoms with E-state index in [1.54, 1.807) is 24.3 Å². The quantitative estimate of drug-likeness (QED) is 0.283. The highest BCUT2D eigenvalue weighted by Gasteiger charge is 2.35. The molecule has 2 aromatic rings. The number of methoxy groups -OCH3 is 1. The highest BCUT2D eigenvalue weighted by molar-refractivity contribution is 7.92. The van der Waals surface area contributed by atoms with Crippen LogP contribution in [0.5, 0.6) is 17.2 Å². The lowest BCUT2D eigenvalue weighted by Crippen LogP contribution is -2.29. The average molecular weight is 520 g/mol. The van der Waals surface area contributed by atoms with Crippen molar-refractivity contribution in [2.75, 3.05) is 31.1 Å². The van der Waals surface area contributed by atoms with E-state index in [2.05, 4.69) is 5.32 Å². The number of rotatable bonds is 12. The molecule has 36 heavy (non-hydrogen) atoms. The zero-order valence-corrected chi connectivity index (χ0v) is 20.9. The first-order valence-corrected chi connectivity index (χ1v) is 12.8. The third kappa shape index (κ3) is 6.66. The largest absolute Gasteiger partial charge is 0.506 e. The van der Waals surface area contributed by atoms with Gasteiger partial charge >= 0.3 is 10.2 Å². The van der Waals surface area contributed by atoms with Crippen LogP contribution in [0.15, 0.2) is 36.4 Å². The minimum absolute atomic E-state index is 0.00635. The maximum Gasteiger partial charge on any atom is 0.326 e. The Balaban J connectivity index is 1.39. The van der Waals surface area contributed by atoms with Crippen molar-refractivity contribution in [1.82, 2.24) is 10.0 Å². The van der Waals surface area contributed by atoms with Crippen LogP contribution in [-0.2, 0) is 26.2 Å². The van der Waals surface area contributed by atoms with Gasteiger partial charge in [-0.3, -0.25) is 14.4 Å². The number of aromatic hydroxyl groups is 1. The van der Waals surface area contributed by atoms with Crippen LogP contribution in [0, 0.1) is 0 Å². The molecule has 2 aromatic carbocycles. The molecule has 2 amide bonds. The molecule has 0 aliphatic carbocycles. The van der Waals surface area contributed by atoms with Gasteiger partial charge in [-0.1, -0.05) is 12.1 Å². The molecule has 1 aliphatic heterocycles. The predicted molar refractivity (Wildman–Crippen MR) is 132 cm³/mol. The van der Waals surface area contributed by atoms with Gasteiger partial charge in [-0.25, -0.2) is 9.03 Å². The zero-order valence-electron chi connectivity index (χ0n) is 20.1. The zero-order chi connectivity index (χ0) is 26.3. The first-order chi connectivity index (χ1) is 17.1. The van der Waals surface area contributed by atoms with Gasteiger partial charge in [-0.15, -0.1) is 0 Å². The summed E-state index contributed by atoms with van der Waals surface area (Å²) < 4.78 is 37.5. The molecule has 1 saturated heterocycles. The Morgan fingerprint density at radius 2 is 1.92 bits per heavy atom. The highest BCUT2D eigenvalue weighted by Crippen LogP contribution is 2.32. The SMILES string of the molecule is COc1cccc(OCCCCNC(=O)CCc2ccc(N3CC(=O)NS3(=O)=O)c(O)c2)c1C(C)=O. The van der Waals surface area contributed by atoms with Crippen LogP contribution in [0.1, 0.15) is 42.1 Å². The molecular formula is C24H29N3O8S. The van der Waals surface area contributed by atoms with Crippen LogP contribution in [0.25, 0.3) is 0 Å². The summed E-state index contributed by atoms with van der Waals surface area (Å²) in [4.78, 5) is 35.4. The minimum Gasteiger partial charge on any atom is -0.506 e. The summed E-state index contributed by atoms with van der Waals surface area (Å²) in [6.45, 7) is 1.88. The number of aryl methyl sites for hydroxylation is 1. The third-order valence-corrected chi connectivity index (χ3v) is 6.87. The topological polar surface area (TPSA) is 151 Å². The van der Waals surface area contributed by atoms with Crippen molar-refractivity contribution in [3.8, 4) is 17.2 Å². The molecule has 1 aliphatic rings.